The van der Waals surface area contributed by atoms with Gasteiger partial charge in [0.05, 0.1) is 26.7 Å². The minimum atomic E-state index is -0.491. The van der Waals surface area contributed by atoms with Gasteiger partial charge in [-0.25, -0.2) is 0 Å². The van der Waals surface area contributed by atoms with Crippen LogP contribution < -0.4 is 24.7 Å². The fourth-order valence-electron chi connectivity index (χ4n) is 5.44. The van der Waals surface area contributed by atoms with Gasteiger partial charge in [-0.1, -0.05) is 0 Å². The van der Waals surface area contributed by atoms with Crippen molar-refractivity contribution in [3.63, 3.8) is 0 Å². The van der Waals surface area contributed by atoms with E-state index in [4.69, 9.17) is 29.4 Å². The fraction of sp³-hybridized carbons (Fsp3) is 0.417. The van der Waals surface area contributed by atoms with Gasteiger partial charge in [0, 0.05) is 18.3 Å². The normalized spacial score (nSPS) is 24.6. The Bertz CT molecular complexity index is 1100. The largest absolute Gasteiger partial charge is 0.502 e. The molecule has 0 saturated carbocycles. The summed E-state index contributed by atoms with van der Waals surface area (Å²) >= 11 is 0. The summed E-state index contributed by atoms with van der Waals surface area (Å²) in [5.74, 6) is -0.270. The van der Waals surface area contributed by atoms with Gasteiger partial charge in [-0.05, 0) is 53.3 Å². The molecule has 3 N–H and O–H groups in total. The molecule has 4 atom stereocenters. The number of aromatic hydroxyl groups is 1. The summed E-state index contributed by atoms with van der Waals surface area (Å²) in [7, 11) is 2.91. The van der Waals surface area contributed by atoms with E-state index >= 15 is 0 Å². The van der Waals surface area contributed by atoms with Crippen LogP contribution in [0.25, 0.3) is 0 Å². The Morgan fingerprint density at radius 3 is 2.30 bits per heavy atom. The maximum absolute atomic E-state index is 13.0. The van der Waals surface area contributed by atoms with Gasteiger partial charge in [-0.15, -0.1) is 0 Å². The molecule has 9 heteroatoms. The molecule has 5 rings (SSSR count). The minimum absolute atomic E-state index is 0.115. The number of carbonyl (C=O) groups is 2. The molecule has 33 heavy (non-hydrogen) atoms. The molecule has 0 bridgehead atoms. The highest BCUT2D eigenvalue weighted by Crippen LogP contribution is 2.57. The van der Waals surface area contributed by atoms with Crippen LogP contribution in [0.5, 0.6) is 28.7 Å². The number of esters is 1. The quantitative estimate of drug-likeness (QED) is 0.636. The lowest BCUT2D eigenvalue weighted by molar-refractivity contribution is -0.141. The first kappa shape index (κ1) is 21.2. The average Bonchev–Trinajstić information content (AvgIpc) is 3.42. The Morgan fingerprint density at radius 1 is 1.06 bits per heavy atom. The van der Waals surface area contributed by atoms with Crippen molar-refractivity contribution in [1.29, 1.82) is 0 Å². The standard InChI is InChI=1S/C24H25NO8/c1-29-18-5-11(6-19(30-2)23(18)27)21-14-8-17-16(32-10-33-17)7-13(14)12(3-4-20(25)26)15-9-31-24(28)22(15)21/h5-8,12,15,21-22,27H,3-4,9-10H2,1-2H3,(H2,25,26). The Balaban J connectivity index is 1.72. The average molecular weight is 455 g/mol. The van der Waals surface area contributed by atoms with Crippen molar-refractivity contribution in [2.45, 2.75) is 24.7 Å². The number of ether oxygens (including phenoxy) is 5. The van der Waals surface area contributed by atoms with Crippen molar-refractivity contribution < 1.29 is 38.4 Å². The third kappa shape index (κ3) is 3.39. The van der Waals surface area contributed by atoms with E-state index in [0.29, 0.717) is 17.9 Å². The van der Waals surface area contributed by atoms with Crippen LogP contribution in [-0.2, 0) is 14.3 Å². The van der Waals surface area contributed by atoms with E-state index in [1.54, 1.807) is 12.1 Å². The molecule has 174 valence electrons. The van der Waals surface area contributed by atoms with E-state index < -0.39 is 17.7 Å². The fourth-order valence-corrected chi connectivity index (χ4v) is 5.44. The van der Waals surface area contributed by atoms with Gasteiger partial charge in [0.25, 0.3) is 0 Å². The number of hydrogen-bond acceptors (Lipinski definition) is 8. The van der Waals surface area contributed by atoms with Crippen molar-refractivity contribution in [3.8, 4) is 28.7 Å². The highest BCUT2D eigenvalue weighted by molar-refractivity contribution is 5.79. The van der Waals surface area contributed by atoms with Crippen LogP contribution in [0.4, 0.5) is 0 Å². The number of primary amides is 1. The van der Waals surface area contributed by atoms with Crippen LogP contribution in [0.3, 0.4) is 0 Å². The molecule has 0 spiro atoms. The van der Waals surface area contributed by atoms with Crippen LogP contribution in [0.1, 0.15) is 41.4 Å². The van der Waals surface area contributed by atoms with Gasteiger partial charge >= 0.3 is 5.97 Å². The molecule has 4 unspecified atom stereocenters. The summed E-state index contributed by atoms with van der Waals surface area (Å²) in [4.78, 5) is 24.6. The van der Waals surface area contributed by atoms with Gasteiger partial charge < -0.3 is 34.5 Å². The molecular formula is C24H25NO8. The smallest absolute Gasteiger partial charge is 0.310 e. The van der Waals surface area contributed by atoms with Crippen molar-refractivity contribution >= 4 is 11.9 Å². The second kappa shape index (κ2) is 8.06. The number of fused-ring (bicyclic) bond motifs is 3. The van der Waals surface area contributed by atoms with Crippen molar-refractivity contribution in [2.75, 3.05) is 27.6 Å². The number of cyclic esters (lactones) is 1. The molecule has 1 fully saturated rings. The number of amides is 1. The minimum Gasteiger partial charge on any atom is -0.502 e. The molecule has 2 aromatic rings. The molecule has 2 heterocycles. The Labute approximate surface area is 190 Å². The molecule has 1 saturated heterocycles. The third-order valence-corrected chi connectivity index (χ3v) is 6.90. The first-order valence-electron chi connectivity index (χ1n) is 10.8. The number of hydrogen-bond donors (Lipinski definition) is 2. The predicted octanol–water partition coefficient (Wildman–Crippen LogP) is 2.42. The molecule has 1 aliphatic carbocycles. The number of rotatable bonds is 6. The zero-order valence-electron chi connectivity index (χ0n) is 18.3. The van der Waals surface area contributed by atoms with E-state index in [1.165, 1.54) is 14.2 Å². The molecule has 0 radical (unpaired) electrons. The van der Waals surface area contributed by atoms with Crippen LogP contribution in [0.2, 0.25) is 0 Å². The Morgan fingerprint density at radius 2 is 1.70 bits per heavy atom. The molecule has 1 amide bonds. The second-order valence-electron chi connectivity index (χ2n) is 8.52. The molecule has 2 aliphatic heterocycles. The van der Waals surface area contributed by atoms with Crippen LogP contribution in [0.15, 0.2) is 24.3 Å². The van der Waals surface area contributed by atoms with Gasteiger partial charge in [0.15, 0.2) is 23.0 Å². The summed E-state index contributed by atoms with van der Waals surface area (Å²) in [6.45, 7) is 0.369. The van der Waals surface area contributed by atoms with E-state index in [0.717, 1.165) is 16.7 Å². The van der Waals surface area contributed by atoms with Gasteiger partial charge in [-0.2, -0.15) is 0 Å². The Hall–Kier alpha value is -3.62. The number of methoxy groups -OCH3 is 2. The van der Waals surface area contributed by atoms with E-state index in [-0.39, 0.29) is 54.9 Å². The SMILES string of the molecule is COc1cc(C2c3cc4c(cc3C(CCC(N)=O)C3COC(=O)C23)OCO4)cc(OC)c1O. The molecular weight excluding hydrogens is 430 g/mol. The van der Waals surface area contributed by atoms with Crippen molar-refractivity contribution in [1.82, 2.24) is 0 Å². The maximum Gasteiger partial charge on any atom is 0.310 e. The highest BCUT2D eigenvalue weighted by Gasteiger charge is 2.52. The van der Waals surface area contributed by atoms with Gasteiger partial charge in [-0.3, -0.25) is 9.59 Å². The lowest BCUT2D eigenvalue weighted by Crippen LogP contribution is -2.35. The summed E-state index contributed by atoms with van der Waals surface area (Å²) in [6.07, 6.45) is 0.691. The van der Waals surface area contributed by atoms with Gasteiger partial charge in [0.2, 0.25) is 18.4 Å². The van der Waals surface area contributed by atoms with E-state index in [1.807, 2.05) is 12.1 Å². The number of phenolic OH excluding ortho intramolecular Hbond substituents is 1. The van der Waals surface area contributed by atoms with Crippen LogP contribution in [0, 0.1) is 11.8 Å². The van der Waals surface area contributed by atoms with Crippen LogP contribution in [-0.4, -0.2) is 44.6 Å². The molecule has 2 aromatic carbocycles. The van der Waals surface area contributed by atoms with Crippen molar-refractivity contribution in [3.05, 3.63) is 41.0 Å². The zero-order valence-corrected chi connectivity index (χ0v) is 18.3. The lowest BCUT2D eigenvalue weighted by Gasteiger charge is -2.39. The molecule has 3 aliphatic rings. The topological polar surface area (TPSA) is 127 Å². The second-order valence-corrected chi connectivity index (χ2v) is 8.52. The number of benzene rings is 2. The predicted molar refractivity (Wildman–Crippen MR) is 115 cm³/mol. The summed E-state index contributed by atoms with van der Waals surface area (Å²) in [5.41, 5.74) is 8.03. The highest BCUT2D eigenvalue weighted by atomic mass is 16.7. The van der Waals surface area contributed by atoms with Crippen LogP contribution >= 0.6 is 0 Å². The number of carbonyl (C=O) groups excluding carboxylic acids is 2. The maximum atomic E-state index is 13.0. The molecule has 0 aromatic heterocycles. The van der Waals surface area contributed by atoms with Crippen molar-refractivity contribution in [2.24, 2.45) is 17.6 Å². The van der Waals surface area contributed by atoms with Gasteiger partial charge in [0.1, 0.15) is 0 Å². The first-order chi connectivity index (χ1) is 15.9. The first-order valence-corrected chi connectivity index (χ1v) is 10.8. The van der Waals surface area contributed by atoms with E-state index in [9.17, 15) is 14.7 Å². The summed E-state index contributed by atoms with van der Waals surface area (Å²) in [5, 5.41) is 10.4. The number of phenols is 1. The summed E-state index contributed by atoms with van der Waals surface area (Å²) in [6, 6.07) is 7.25. The monoisotopic (exact) mass is 455 g/mol. The van der Waals surface area contributed by atoms with E-state index in [2.05, 4.69) is 0 Å². The Kier molecular flexibility index (Phi) is 5.19. The lowest BCUT2D eigenvalue weighted by atomic mass is 9.62. The third-order valence-electron chi connectivity index (χ3n) is 6.90. The summed E-state index contributed by atoms with van der Waals surface area (Å²) < 4.78 is 27.5. The zero-order chi connectivity index (χ0) is 23.3. The number of nitrogens with two attached hydrogens (primary N) is 1. The molecule has 9 nitrogen and oxygen atoms in total.